The molecule has 0 bridgehead atoms. The van der Waals surface area contributed by atoms with Gasteiger partial charge >= 0.3 is 0 Å². The van der Waals surface area contributed by atoms with Gasteiger partial charge in [0.25, 0.3) is 0 Å². The second kappa shape index (κ2) is 5.34. The fourth-order valence-corrected chi connectivity index (χ4v) is 3.59. The molecule has 3 rings (SSSR count). The van der Waals surface area contributed by atoms with Gasteiger partial charge in [-0.2, -0.15) is 0 Å². The molecule has 1 saturated carbocycles. The summed E-state index contributed by atoms with van der Waals surface area (Å²) in [5.41, 5.74) is 4.81. The number of nitrogens with zero attached hydrogens (tertiary/aromatic N) is 1. The molecule has 2 aliphatic rings. The summed E-state index contributed by atoms with van der Waals surface area (Å²) in [6.07, 6.45) is 5.38. The Morgan fingerprint density at radius 1 is 1.27 bits per heavy atom. The van der Waals surface area contributed by atoms with Crippen molar-refractivity contribution in [3.05, 3.63) is 36.3 Å². The van der Waals surface area contributed by atoms with Crippen LogP contribution in [0.15, 0.2) is 18.2 Å². The fourth-order valence-electron chi connectivity index (χ4n) is 3.59. The van der Waals surface area contributed by atoms with E-state index in [0.29, 0.717) is 19.3 Å². The van der Waals surface area contributed by atoms with Gasteiger partial charge < -0.3 is 5.73 Å². The summed E-state index contributed by atoms with van der Waals surface area (Å²) in [5, 5.41) is 0. The first-order valence-electron chi connectivity index (χ1n) is 7.34. The molecule has 117 valence electrons. The zero-order valence-electron chi connectivity index (χ0n) is 12.0. The fraction of sp³-hybridized carbons (Fsp3) is 0.438. The number of primary amides is 1. The number of anilines is 1. The summed E-state index contributed by atoms with van der Waals surface area (Å²) in [5.74, 6) is -2.50. The number of rotatable bonds is 2. The molecule has 1 saturated heterocycles. The van der Waals surface area contributed by atoms with Gasteiger partial charge in [0.2, 0.25) is 11.8 Å². The van der Waals surface area contributed by atoms with Crippen LogP contribution in [0.25, 0.3) is 0 Å². The van der Waals surface area contributed by atoms with E-state index in [1.54, 1.807) is 0 Å². The molecule has 0 aromatic heterocycles. The number of benzene rings is 1. The van der Waals surface area contributed by atoms with Gasteiger partial charge in [-0.25, -0.2) is 8.78 Å². The minimum atomic E-state index is -0.861. The van der Waals surface area contributed by atoms with Crippen molar-refractivity contribution in [3.63, 3.8) is 0 Å². The van der Waals surface area contributed by atoms with E-state index in [4.69, 9.17) is 5.73 Å². The lowest BCUT2D eigenvalue weighted by Crippen LogP contribution is -2.43. The number of hydrogen-bond acceptors (Lipinski definition) is 2. The first-order chi connectivity index (χ1) is 10.4. The Labute approximate surface area is 127 Å². The van der Waals surface area contributed by atoms with E-state index in [-0.39, 0.29) is 11.6 Å². The number of carbonyl (C=O) groups is 2. The first-order valence-corrected chi connectivity index (χ1v) is 7.34. The molecule has 1 unspecified atom stereocenters. The summed E-state index contributed by atoms with van der Waals surface area (Å²) in [7, 11) is 0. The van der Waals surface area contributed by atoms with Crippen molar-refractivity contribution in [1.29, 1.82) is 0 Å². The van der Waals surface area contributed by atoms with Crippen LogP contribution in [0.1, 0.15) is 32.1 Å². The van der Waals surface area contributed by atoms with Crippen LogP contribution in [0.3, 0.4) is 0 Å². The van der Waals surface area contributed by atoms with E-state index in [9.17, 15) is 18.4 Å². The number of halogens is 2. The molecule has 2 N–H and O–H groups in total. The van der Waals surface area contributed by atoms with Crippen LogP contribution in [0, 0.1) is 23.5 Å². The summed E-state index contributed by atoms with van der Waals surface area (Å²) in [4.78, 5) is 25.8. The average molecular weight is 307 g/mol. The third kappa shape index (κ3) is 2.36. The van der Waals surface area contributed by atoms with Crippen molar-refractivity contribution >= 4 is 17.5 Å². The van der Waals surface area contributed by atoms with Crippen LogP contribution in [0.5, 0.6) is 0 Å². The third-order valence-corrected chi connectivity index (χ3v) is 4.62. The van der Waals surface area contributed by atoms with Crippen molar-refractivity contribution in [2.75, 3.05) is 4.90 Å². The molecule has 1 aliphatic heterocycles. The van der Waals surface area contributed by atoms with Crippen molar-refractivity contribution in [3.8, 4) is 0 Å². The van der Waals surface area contributed by atoms with E-state index < -0.39 is 29.0 Å². The highest BCUT2D eigenvalue weighted by Gasteiger charge is 2.53. The summed E-state index contributed by atoms with van der Waals surface area (Å²) < 4.78 is 26.9. The second-order valence-electron chi connectivity index (χ2n) is 6.09. The van der Waals surface area contributed by atoms with Gasteiger partial charge in [0.15, 0.2) is 0 Å². The normalized spacial score (nSPS) is 24.0. The Balaban J connectivity index is 2.03. The predicted octanol–water partition coefficient (Wildman–Crippen LogP) is 2.32. The quantitative estimate of drug-likeness (QED) is 0.911. The van der Waals surface area contributed by atoms with Crippen molar-refractivity contribution in [1.82, 2.24) is 0 Å². The third-order valence-electron chi connectivity index (χ3n) is 4.62. The highest BCUT2D eigenvalue weighted by molar-refractivity contribution is 6.06. The zero-order chi connectivity index (χ0) is 15.9. The molecular formula is C16H17F2N2O2. The maximum atomic E-state index is 13.5. The SMILES string of the molecule is NC(=O)C1C[C@]2(C[CH]CCC2)C(=O)N1c1cc(F)cc(F)c1. The molecule has 1 aliphatic carbocycles. The number of hydrogen-bond donors (Lipinski definition) is 1. The van der Waals surface area contributed by atoms with Gasteiger partial charge in [0.1, 0.15) is 17.7 Å². The van der Waals surface area contributed by atoms with E-state index in [1.165, 1.54) is 4.90 Å². The predicted molar refractivity (Wildman–Crippen MR) is 76.6 cm³/mol. The van der Waals surface area contributed by atoms with Crippen LogP contribution in [0.2, 0.25) is 0 Å². The summed E-state index contributed by atoms with van der Waals surface area (Å²) >= 11 is 0. The largest absolute Gasteiger partial charge is 0.368 e. The Kier molecular flexibility index (Phi) is 3.62. The molecular weight excluding hydrogens is 290 g/mol. The van der Waals surface area contributed by atoms with Gasteiger partial charge in [-0.15, -0.1) is 0 Å². The molecule has 6 heteroatoms. The van der Waals surface area contributed by atoms with Crippen LogP contribution in [-0.4, -0.2) is 17.9 Å². The van der Waals surface area contributed by atoms with Crippen LogP contribution >= 0.6 is 0 Å². The standard InChI is InChI=1S/C16H17F2N2O2/c17-10-6-11(18)8-12(7-10)20-13(14(19)21)9-16(15(20)22)4-2-1-3-5-16/h2,6-8,13H,1,3-5,9H2,(H2,19,21)/t13?,16-/m1/s1. The van der Waals surface area contributed by atoms with E-state index in [0.717, 1.165) is 31.0 Å². The minimum absolute atomic E-state index is 0.0498. The highest BCUT2D eigenvalue weighted by Crippen LogP contribution is 2.48. The second-order valence-corrected chi connectivity index (χ2v) is 6.09. The van der Waals surface area contributed by atoms with Crippen molar-refractivity contribution in [2.45, 2.75) is 38.1 Å². The maximum Gasteiger partial charge on any atom is 0.240 e. The van der Waals surface area contributed by atoms with E-state index >= 15 is 0 Å². The monoisotopic (exact) mass is 307 g/mol. The number of nitrogens with two attached hydrogens (primary N) is 1. The molecule has 1 spiro atoms. The lowest BCUT2D eigenvalue weighted by atomic mass is 9.72. The minimum Gasteiger partial charge on any atom is -0.368 e. The van der Waals surface area contributed by atoms with Gasteiger partial charge in [0.05, 0.1) is 11.1 Å². The Morgan fingerprint density at radius 3 is 2.50 bits per heavy atom. The van der Waals surface area contributed by atoms with Gasteiger partial charge in [-0.05, 0) is 37.8 Å². The number of amides is 2. The smallest absolute Gasteiger partial charge is 0.240 e. The molecule has 1 radical (unpaired) electrons. The molecule has 2 amide bonds. The van der Waals surface area contributed by atoms with Crippen molar-refractivity contribution in [2.24, 2.45) is 11.1 Å². The topological polar surface area (TPSA) is 63.4 Å². The molecule has 1 heterocycles. The summed E-state index contributed by atoms with van der Waals surface area (Å²) in [6.45, 7) is 0. The molecule has 1 aromatic rings. The van der Waals surface area contributed by atoms with Crippen LogP contribution < -0.4 is 10.6 Å². The Bertz CT molecular complexity index is 606. The molecule has 22 heavy (non-hydrogen) atoms. The average Bonchev–Trinajstić information content (AvgIpc) is 2.72. The molecule has 4 nitrogen and oxygen atoms in total. The zero-order valence-corrected chi connectivity index (χ0v) is 12.0. The Morgan fingerprint density at radius 2 is 1.95 bits per heavy atom. The van der Waals surface area contributed by atoms with E-state index in [1.807, 2.05) is 6.42 Å². The van der Waals surface area contributed by atoms with Gasteiger partial charge in [0, 0.05) is 6.07 Å². The maximum absolute atomic E-state index is 13.5. The summed E-state index contributed by atoms with van der Waals surface area (Å²) in [6, 6.07) is 1.98. The van der Waals surface area contributed by atoms with Crippen LogP contribution in [-0.2, 0) is 9.59 Å². The van der Waals surface area contributed by atoms with Crippen LogP contribution in [0.4, 0.5) is 14.5 Å². The van der Waals surface area contributed by atoms with E-state index in [2.05, 4.69) is 0 Å². The van der Waals surface area contributed by atoms with Crippen molar-refractivity contribution < 1.29 is 18.4 Å². The highest BCUT2D eigenvalue weighted by atomic mass is 19.1. The Hall–Kier alpha value is -1.98. The first kappa shape index (κ1) is 14.9. The molecule has 2 fully saturated rings. The number of carbonyl (C=O) groups excluding carboxylic acids is 2. The molecule has 1 aromatic carbocycles. The molecule has 2 atom stereocenters. The van der Waals surface area contributed by atoms with Gasteiger partial charge in [-0.1, -0.05) is 12.8 Å². The lowest BCUT2D eigenvalue weighted by Gasteiger charge is -2.31. The van der Waals surface area contributed by atoms with Gasteiger partial charge in [-0.3, -0.25) is 14.5 Å². The lowest BCUT2D eigenvalue weighted by molar-refractivity contribution is -0.126.